The van der Waals surface area contributed by atoms with E-state index in [0.717, 1.165) is 41.7 Å². The highest BCUT2D eigenvalue weighted by atomic mass is 35.5. The molecule has 45 heavy (non-hydrogen) atoms. The average molecular weight is 687 g/mol. The minimum absolute atomic E-state index is 0.127. The van der Waals surface area contributed by atoms with Gasteiger partial charge in [0.15, 0.2) is 5.75 Å². The number of ether oxygens (including phenoxy) is 3. The van der Waals surface area contributed by atoms with Crippen LogP contribution >= 0.6 is 46.4 Å². The van der Waals surface area contributed by atoms with E-state index in [-0.39, 0.29) is 11.1 Å². The van der Waals surface area contributed by atoms with E-state index in [9.17, 15) is 0 Å². The Bertz CT molecular complexity index is 1410. The number of unbranched alkanes of at least 4 members (excludes halogenated alkanes) is 2. The number of oxime groups is 1. The number of nitrogens with zero attached hydrogens (tertiary/aromatic N) is 1. The molecule has 0 spiro atoms. The Morgan fingerprint density at radius 3 is 1.73 bits per heavy atom. The molecule has 0 saturated heterocycles. The van der Waals surface area contributed by atoms with Crippen molar-refractivity contribution in [3.8, 4) is 11.5 Å². The van der Waals surface area contributed by atoms with E-state index >= 15 is 0 Å². The summed E-state index contributed by atoms with van der Waals surface area (Å²) in [6.07, 6.45) is 4.12. The zero-order valence-electron chi connectivity index (χ0n) is 24.9. The topological polar surface area (TPSA) is 49.3 Å². The van der Waals surface area contributed by atoms with Gasteiger partial charge in [0.05, 0.1) is 29.0 Å². The Morgan fingerprint density at radius 1 is 0.711 bits per heavy atom. The van der Waals surface area contributed by atoms with Crippen molar-refractivity contribution in [2.45, 2.75) is 31.8 Å². The molecule has 0 N–H and O–H groups in total. The van der Waals surface area contributed by atoms with Gasteiger partial charge in [-0.3, -0.25) is 0 Å². The van der Waals surface area contributed by atoms with Crippen molar-refractivity contribution in [3.63, 3.8) is 0 Å². The van der Waals surface area contributed by atoms with Gasteiger partial charge in [-0.05, 0) is 32.3 Å². The molecule has 4 aromatic carbocycles. The maximum atomic E-state index is 6.51. The van der Waals surface area contributed by atoms with Crippen LogP contribution < -0.4 is 9.47 Å². The largest absolute Gasteiger partial charge is 0.490 e. The minimum Gasteiger partial charge on any atom is -0.490 e. The van der Waals surface area contributed by atoms with Crippen LogP contribution in [-0.4, -0.2) is 32.1 Å². The molecule has 0 atom stereocenters. The summed E-state index contributed by atoms with van der Waals surface area (Å²) in [7, 11) is 0. The summed E-state index contributed by atoms with van der Waals surface area (Å²) in [4.78, 5) is 6.51. The van der Waals surface area contributed by atoms with Gasteiger partial charge in [-0.15, -0.1) is 0 Å². The average Bonchev–Trinajstić information content (AvgIpc) is 3.05. The summed E-state index contributed by atoms with van der Waals surface area (Å²) in [5, 5.41) is 5.32. The molecule has 9 heteroatoms. The Labute approximate surface area is 285 Å². The molecule has 0 unspecified atom stereocenters. The molecular formula is C36H35Cl4NO4. The first-order valence-electron chi connectivity index (χ1n) is 14.6. The van der Waals surface area contributed by atoms with Gasteiger partial charge in [0.25, 0.3) is 0 Å². The van der Waals surface area contributed by atoms with Crippen molar-refractivity contribution < 1.29 is 19.0 Å². The molecular weight excluding hydrogens is 652 g/mol. The minimum atomic E-state index is -0.917. The normalized spacial score (nSPS) is 11.6. The van der Waals surface area contributed by atoms with E-state index in [4.69, 9.17) is 65.5 Å². The quantitative estimate of drug-likeness (QED) is 0.0480. The van der Waals surface area contributed by atoms with Crippen LogP contribution in [0.15, 0.2) is 119 Å². The van der Waals surface area contributed by atoms with Crippen LogP contribution in [0.2, 0.25) is 10.0 Å². The molecule has 0 aliphatic heterocycles. The molecule has 0 fully saturated rings. The molecule has 0 bridgehead atoms. The van der Waals surface area contributed by atoms with Crippen molar-refractivity contribution in [3.05, 3.63) is 140 Å². The Balaban J connectivity index is 1.27. The highest BCUT2D eigenvalue weighted by Gasteiger charge is 2.39. The fourth-order valence-electron chi connectivity index (χ4n) is 4.69. The summed E-state index contributed by atoms with van der Waals surface area (Å²) in [5.41, 5.74) is 2.78. The lowest BCUT2D eigenvalue weighted by molar-refractivity contribution is 0.0153. The van der Waals surface area contributed by atoms with E-state index in [0.29, 0.717) is 41.4 Å². The zero-order chi connectivity index (χ0) is 31.9. The first kappa shape index (κ1) is 34.7. The lowest BCUT2D eigenvalue weighted by Gasteiger charge is -2.33. The van der Waals surface area contributed by atoms with Crippen LogP contribution in [0.25, 0.3) is 0 Å². The van der Waals surface area contributed by atoms with Crippen LogP contribution in [0, 0.1) is 0 Å². The molecule has 0 aliphatic carbocycles. The van der Waals surface area contributed by atoms with Crippen LogP contribution in [0.4, 0.5) is 0 Å². The number of hydrogen-bond acceptors (Lipinski definition) is 5. The molecule has 0 radical (unpaired) electrons. The molecule has 4 rings (SSSR count). The fourth-order valence-corrected chi connectivity index (χ4v) is 5.39. The Kier molecular flexibility index (Phi) is 13.9. The smallest absolute Gasteiger partial charge is 0.212 e. The van der Waals surface area contributed by atoms with Gasteiger partial charge in [-0.2, -0.15) is 0 Å². The molecule has 0 amide bonds. The van der Waals surface area contributed by atoms with Gasteiger partial charge in [0, 0.05) is 35.4 Å². The Morgan fingerprint density at radius 2 is 1.22 bits per heavy atom. The molecule has 0 heterocycles. The fraction of sp³-hybridized carbons (Fsp3) is 0.250. The predicted octanol–water partition coefficient (Wildman–Crippen LogP) is 10.6. The second-order valence-corrected chi connectivity index (χ2v) is 12.0. The highest BCUT2D eigenvalue weighted by Crippen LogP contribution is 2.41. The maximum Gasteiger partial charge on any atom is 0.212 e. The second kappa shape index (κ2) is 18.1. The SMILES string of the molecule is CC(COCCCCCOc1c(Cl)cc(OCC=C(Cl)Cl)cc1Cl)=NOC(c1ccccc1)(c1ccccc1)c1ccccc1. The van der Waals surface area contributed by atoms with E-state index < -0.39 is 5.60 Å². The van der Waals surface area contributed by atoms with Gasteiger partial charge in [-0.1, -0.05) is 143 Å². The third-order valence-corrected chi connectivity index (χ3v) is 7.70. The Hall–Kier alpha value is -3.19. The first-order valence-corrected chi connectivity index (χ1v) is 16.1. The van der Waals surface area contributed by atoms with Crippen LogP contribution in [0.1, 0.15) is 42.9 Å². The molecule has 0 aliphatic rings. The third-order valence-electron chi connectivity index (χ3n) is 6.83. The van der Waals surface area contributed by atoms with Gasteiger partial charge < -0.3 is 19.0 Å². The van der Waals surface area contributed by atoms with Gasteiger partial charge in [-0.25, -0.2) is 0 Å². The van der Waals surface area contributed by atoms with Crippen LogP contribution in [0.3, 0.4) is 0 Å². The number of hydrogen-bond donors (Lipinski definition) is 0. The maximum absolute atomic E-state index is 6.51. The van der Waals surface area contributed by atoms with Crippen molar-refractivity contribution in [2.75, 3.05) is 26.4 Å². The lowest BCUT2D eigenvalue weighted by Crippen LogP contribution is -2.31. The van der Waals surface area contributed by atoms with Crippen LogP contribution in [-0.2, 0) is 15.2 Å². The van der Waals surface area contributed by atoms with E-state index in [1.165, 1.54) is 6.08 Å². The van der Waals surface area contributed by atoms with E-state index in [1.54, 1.807) is 12.1 Å². The summed E-state index contributed by atoms with van der Waals surface area (Å²) < 4.78 is 17.4. The standard InChI is InChI=1S/C36H35Cl4NO4/c1-27(26-42-21-12-5-13-22-44-35-32(37)24-31(25-33(35)38)43-23-20-34(39)40)41-45-36(28-14-6-2-7-15-28,29-16-8-3-9-17-29)30-18-10-4-11-19-30/h2-4,6-11,14-20,24-25H,5,12-13,21-23,26H2,1H3. The lowest BCUT2D eigenvalue weighted by atomic mass is 9.80. The van der Waals surface area contributed by atoms with Crippen molar-refractivity contribution >= 4 is 52.1 Å². The molecule has 236 valence electrons. The third kappa shape index (κ3) is 10.2. The van der Waals surface area contributed by atoms with Gasteiger partial charge in [0.2, 0.25) is 5.60 Å². The summed E-state index contributed by atoms with van der Waals surface area (Å²) in [6.45, 7) is 3.53. The summed E-state index contributed by atoms with van der Waals surface area (Å²) in [5.74, 6) is 0.924. The van der Waals surface area contributed by atoms with E-state index in [2.05, 4.69) is 41.6 Å². The van der Waals surface area contributed by atoms with Crippen molar-refractivity contribution in [2.24, 2.45) is 5.16 Å². The zero-order valence-corrected chi connectivity index (χ0v) is 28.0. The van der Waals surface area contributed by atoms with E-state index in [1.807, 2.05) is 61.5 Å². The number of rotatable bonds is 17. The molecule has 0 aromatic heterocycles. The predicted molar refractivity (Wildman–Crippen MR) is 185 cm³/mol. The highest BCUT2D eigenvalue weighted by molar-refractivity contribution is 6.55. The molecule has 0 saturated carbocycles. The van der Waals surface area contributed by atoms with Crippen molar-refractivity contribution in [1.29, 1.82) is 0 Å². The second-order valence-electron chi connectivity index (χ2n) is 10.2. The van der Waals surface area contributed by atoms with Gasteiger partial charge in [0.1, 0.15) is 16.8 Å². The van der Waals surface area contributed by atoms with Crippen molar-refractivity contribution in [1.82, 2.24) is 0 Å². The summed E-state index contributed by atoms with van der Waals surface area (Å²) in [6, 6.07) is 33.7. The monoisotopic (exact) mass is 685 g/mol. The molecule has 4 aromatic rings. The molecule has 5 nitrogen and oxygen atoms in total. The number of benzene rings is 4. The van der Waals surface area contributed by atoms with Crippen LogP contribution in [0.5, 0.6) is 11.5 Å². The first-order chi connectivity index (χ1) is 21.9. The summed E-state index contributed by atoms with van der Waals surface area (Å²) >= 11 is 23.9. The van der Waals surface area contributed by atoms with Gasteiger partial charge >= 0.3 is 0 Å². The number of halogens is 4.